The number of carboxylic acids is 1. The van der Waals surface area contributed by atoms with Gasteiger partial charge in [0.1, 0.15) is 11.5 Å². The molecular formula is C27H30N2O4. The van der Waals surface area contributed by atoms with Crippen molar-refractivity contribution in [1.29, 1.82) is 0 Å². The minimum Gasteiger partial charge on any atom is -0.493 e. The van der Waals surface area contributed by atoms with Crippen LogP contribution in [0.2, 0.25) is 0 Å². The number of benzene rings is 2. The average Bonchev–Trinajstić information content (AvgIpc) is 3.18. The summed E-state index contributed by atoms with van der Waals surface area (Å²) in [4.78, 5) is 17.7. The van der Waals surface area contributed by atoms with Crippen LogP contribution in [0, 0.1) is 6.92 Å². The summed E-state index contributed by atoms with van der Waals surface area (Å²) in [7, 11) is 4.03. The highest BCUT2D eigenvalue weighted by molar-refractivity contribution is 5.76. The first-order valence-electron chi connectivity index (χ1n) is 11.3. The second-order valence-corrected chi connectivity index (χ2v) is 8.51. The van der Waals surface area contributed by atoms with E-state index in [0.717, 1.165) is 52.4 Å². The van der Waals surface area contributed by atoms with E-state index in [2.05, 4.69) is 29.2 Å². The summed E-state index contributed by atoms with van der Waals surface area (Å²) in [6.45, 7) is 2.43. The van der Waals surface area contributed by atoms with E-state index < -0.39 is 5.97 Å². The lowest BCUT2D eigenvalue weighted by atomic mass is 9.88. The quantitative estimate of drug-likeness (QED) is 0.466. The van der Waals surface area contributed by atoms with Gasteiger partial charge in [-0.25, -0.2) is 4.98 Å². The number of carbonyl (C=O) groups is 1. The minimum absolute atomic E-state index is 0.141. The minimum atomic E-state index is -0.772. The molecule has 0 fully saturated rings. The smallest absolute Gasteiger partial charge is 0.303 e. The average molecular weight is 447 g/mol. The normalized spacial score (nSPS) is 12.8. The number of oxazole rings is 1. The van der Waals surface area contributed by atoms with Crippen molar-refractivity contribution < 1.29 is 19.1 Å². The zero-order chi connectivity index (χ0) is 23.4. The molecule has 33 heavy (non-hydrogen) atoms. The van der Waals surface area contributed by atoms with Crippen LogP contribution in [0.15, 0.2) is 53.0 Å². The van der Waals surface area contributed by atoms with Gasteiger partial charge in [0.2, 0.25) is 5.89 Å². The number of nitrogens with zero attached hydrogens (tertiary/aromatic N) is 2. The van der Waals surface area contributed by atoms with Gasteiger partial charge >= 0.3 is 5.97 Å². The van der Waals surface area contributed by atoms with Crippen LogP contribution in [0.4, 0.5) is 5.69 Å². The fourth-order valence-corrected chi connectivity index (χ4v) is 4.18. The molecule has 0 amide bonds. The van der Waals surface area contributed by atoms with Crippen LogP contribution in [-0.4, -0.2) is 36.8 Å². The molecule has 0 bridgehead atoms. The van der Waals surface area contributed by atoms with Gasteiger partial charge in [-0.05, 0) is 67.7 Å². The summed E-state index contributed by atoms with van der Waals surface area (Å²) in [5, 5.41) is 9.03. The van der Waals surface area contributed by atoms with Gasteiger partial charge < -0.3 is 19.2 Å². The second-order valence-electron chi connectivity index (χ2n) is 8.51. The van der Waals surface area contributed by atoms with E-state index in [1.807, 2.05) is 45.3 Å². The Kier molecular flexibility index (Phi) is 6.82. The van der Waals surface area contributed by atoms with Crippen molar-refractivity contribution in [2.75, 3.05) is 25.6 Å². The topological polar surface area (TPSA) is 75.8 Å². The monoisotopic (exact) mass is 446 g/mol. The van der Waals surface area contributed by atoms with Crippen LogP contribution < -0.4 is 9.64 Å². The number of fused-ring (bicyclic) bond motifs is 1. The summed E-state index contributed by atoms with van der Waals surface area (Å²) in [5.41, 5.74) is 6.35. The molecule has 6 nitrogen and oxygen atoms in total. The summed E-state index contributed by atoms with van der Waals surface area (Å²) < 4.78 is 12.1. The molecule has 3 aromatic rings. The molecule has 1 aliphatic rings. The Morgan fingerprint density at radius 3 is 2.67 bits per heavy atom. The molecule has 4 rings (SSSR count). The zero-order valence-corrected chi connectivity index (χ0v) is 19.4. The van der Waals surface area contributed by atoms with Crippen molar-refractivity contribution in [3.8, 4) is 17.2 Å². The molecule has 0 radical (unpaired) electrons. The van der Waals surface area contributed by atoms with Crippen molar-refractivity contribution in [1.82, 2.24) is 4.98 Å². The highest BCUT2D eigenvalue weighted by Crippen LogP contribution is 2.35. The maximum Gasteiger partial charge on any atom is 0.303 e. The Morgan fingerprint density at radius 2 is 1.94 bits per heavy atom. The fraction of sp³-hybridized carbons (Fsp3) is 0.333. The van der Waals surface area contributed by atoms with Gasteiger partial charge in [0.15, 0.2) is 0 Å². The molecule has 1 aliphatic carbocycles. The summed E-state index contributed by atoms with van der Waals surface area (Å²) in [6.07, 6.45) is 5.29. The van der Waals surface area contributed by atoms with Crippen molar-refractivity contribution in [2.24, 2.45) is 0 Å². The van der Waals surface area contributed by atoms with Crippen LogP contribution in [0.1, 0.15) is 41.8 Å². The fourth-order valence-electron chi connectivity index (χ4n) is 4.18. The van der Waals surface area contributed by atoms with Crippen LogP contribution in [0.3, 0.4) is 0 Å². The number of anilines is 1. The maximum atomic E-state index is 11.0. The van der Waals surface area contributed by atoms with Crippen LogP contribution in [-0.2, 0) is 17.6 Å². The SMILES string of the molecule is Cc1oc(-c2ccc(N(C)C)cc2)nc1CCOc1cccc2c1CCC=C2CCC(=O)O. The van der Waals surface area contributed by atoms with Gasteiger partial charge in [0, 0.05) is 43.8 Å². The number of ether oxygens (including phenoxy) is 1. The van der Waals surface area contributed by atoms with Crippen LogP contribution >= 0.6 is 0 Å². The van der Waals surface area contributed by atoms with Crippen molar-refractivity contribution in [3.05, 3.63) is 71.1 Å². The van der Waals surface area contributed by atoms with Crippen LogP contribution in [0.25, 0.3) is 17.0 Å². The number of allylic oxidation sites excluding steroid dienone is 2. The summed E-state index contributed by atoms with van der Waals surface area (Å²) >= 11 is 0. The number of hydrogen-bond donors (Lipinski definition) is 1. The van der Waals surface area contributed by atoms with Crippen molar-refractivity contribution in [2.45, 2.75) is 39.0 Å². The van der Waals surface area contributed by atoms with Gasteiger partial charge in [0.05, 0.1) is 12.3 Å². The lowest BCUT2D eigenvalue weighted by molar-refractivity contribution is -0.136. The Balaban J connectivity index is 1.42. The first-order chi connectivity index (χ1) is 15.9. The van der Waals surface area contributed by atoms with Crippen molar-refractivity contribution in [3.63, 3.8) is 0 Å². The molecule has 2 aromatic carbocycles. The predicted molar refractivity (Wildman–Crippen MR) is 130 cm³/mol. The van der Waals surface area contributed by atoms with Gasteiger partial charge in [-0.1, -0.05) is 18.2 Å². The summed E-state index contributed by atoms with van der Waals surface area (Å²) in [6, 6.07) is 14.2. The van der Waals surface area contributed by atoms with Gasteiger partial charge in [-0.3, -0.25) is 4.79 Å². The standard InChI is InChI=1S/C27H30N2O4/c1-18-24(28-27(33-18)20-10-13-21(14-11-20)29(2)3)16-17-32-25-9-5-7-22-19(12-15-26(30)31)6-4-8-23(22)25/h5-7,9-11,13-14H,4,8,12,15-17H2,1-3H3,(H,30,31). The largest absolute Gasteiger partial charge is 0.493 e. The Bertz CT molecular complexity index is 1160. The Hall–Kier alpha value is -3.54. The van der Waals surface area contributed by atoms with E-state index >= 15 is 0 Å². The number of carboxylic acid groups (broad SMARTS) is 1. The van der Waals surface area contributed by atoms with Gasteiger partial charge in [0.25, 0.3) is 0 Å². The van der Waals surface area contributed by atoms with E-state index in [-0.39, 0.29) is 6.42 Å². The lowest BCUT2D eigenvalue weighted by Gasteiger charge is -2.20. The second kappa shape index (κ2) is 9.94. The first-order valence-corrected chi connectivity index (χ1v) is 11.3. The Labute approximate surface area is 194 Å². The molecule has 0 aliphatic heterocycles. The van der Waals surface area contributed by atoms with Gasteiger partial charge in [-0.15, -0.1) is 0 Å². The third-order valence-electron chi connectivity index (χ3n) is 5.99. The molecule has 0 spiro atoms. The summed E-state index contributed by atoms with van der Waals surface area (Å²) in [5.74, 6) is 1.53. The van der Waals surface area contributed by atoms with Crippen LogP contribution in [0.5, 0.6) is 5.75 Å². The van der Waals surface area contributed by atoms with Crippen molar-refractivity contribution >= 4 is 17.2 Å². The third-order valence-corrected chi connectivity index (χ3v) is 5.99. The third kappa shape index (κ3) is 5.28. The zero-order valence-electron chi connectivity index (χ0n) is 19.4. The molecule has 0 atom stereocenters. The van der Waals surface area contributed by atoms with E-state index in [1.54, 1.807) is 0 Å². The maximum absolute atomic E-state index is 11.0. The molecule has 0 unspecified atom stereocenters. The predicted octanol–water partition coefficient (Wildman–Crippen LogP) is 5.53. The van der Waals surface area contributed by atoms with E-state index in [0.29, 0.717) is 25.3 Å². The number of aromatic nitrogens is 1. The van der Waals surface area contributed by atoms with Gasteiger partial charge in [-0.2, -0.15) is 0 Å². The molecule has 1 N–H and O–H groups in total. The number of aryl methyl sites for hydroxylation is 1. The molecule has 6 heteroatoms. The number of hydrogen-bond acceptors (Lipinski definition) is 5. The molecule has 0 saturated carbocycles. The number of rotatable bonds is 9. The molecule has 0 saturated heterocycles. The molecular weight excluding hydrogens is 416 g/mol. The van der Waals surface area contributed by atoms with E-state index in [9.17, 15) is 4.79 Å². The van der Waals surface area contributed by atoms with E-state index in [1.165, 1.54) is 5.56 Å². The number of aliphatic carboxylic acids is 1. The molecule has 1 heterocycles. The first kappa shape index (κ1) is 22.6. The lowest BCUT2D eigenvalue weighted by Crippen LogP contribution is -2.08. The molecule has 1 aromatic heterocycles. The Morgan fingerprint density at radius 1 is 1.15 bits per heavy atom. The molecule has 172 valence electrons. The van der Waals surface area contributed by atoms with E-state index in [4.69, 9.17) is 19.2 Å². The highest BCUT2D eigenvalue weighted by Gasteiger charge is 2.18. The highest BCUT2D eigenvalue weighted by atomic mass is 16.5.